The summed E-state index contributed by atoms with van der Waals surface area (Å²) in [7, 11) is 0. The molecule has 1 saturated carbocycles. The van der Waals surface area contributed by atoms with Crippen LogP contribution < -0.4 is 10.6 Å². The van der Waals surface area contributed by atoms with Crippen molar-refractivity contribution in [2.45, 2.75) is 51.7 Å². The predicted octanol–water partition coefficient (Wildman–Crippen LogP) is 4.63. The normalized spacial score (nSPS) is 18.5. The number of hydrogen-bond acceptors (Lipinski definition) is 3. The fourth-order valence-electron chi connectivity index (χ4n) is 3.02. The zero-order chi connectivity index (χ0) is 19.6. The average Bonchev–Trinajstić information content (AvgIpc) is 3.34. The minimum absolute atomic E-state index is 0.101. The number of anilines is 1. The highest BCUT2D eigenvalue weighted by Gasteiger charge is 2.40. The second kappa shape index (κ2) is 7.43. The molecule has 2 aromatic rings. The Morgan fingerprint density at radius 1 is 1.07 bits per heavy atom. The zero-order valence-corrected chi connectivity index (χ0v) is 16.2. The Hall–Kier alpha value is -2.82. The summed E-state index contributed by atoms with van der Waals surface area (Å²) >= 11 is 0. The molecule has 5 nitrogen and oxygen atoms in total. The van der Waals surface area contributed by atoms with Crippen LogP contribution in [0.25, 0.3) is 0 Å². The summed E-state index contributed by atoms with van der Waals surface area (Å²) < 4.78 is 5.30. The number of rotatable bonds is 4. The van der Waals surface area contributed by atoms with E-state index in [1.807, 2.05) is 58.0 Å². The molecule has 0 aliphatic heterocycles. The lowest BCUT2D eigenvalue weighted by Crippen LogP contribution is -2.34. The first-order valence-electron chi connectivity index (χ1n) is 9.19. The molecule has 0 unspecified atom stereocenters. The predicted molar refractivity (Wildman–Crippen MR) is 106 cm³/mol. The molecule has 0 spiro atoms. The topological polar surface area (TPSA) is 67.4 Å². The Morgan fingerprint density at radius 2 is 1.78 bits per heavy atom. The summed E-state index contributed by atoms with van der Waals surface area (Å²) in [6.45, 7) is 7.52. The van der Waals surface area contributed by atoms with Gasteiger partial charge in [0, 0.05) is 23.2 Å². The van der Waals surface area contributed by atoms with Gasteiger partial charge < -0.3 is 15.4 Å². The van der Waals surface area contributed by atoms with E-state index in [1.54, 1.807) is 12.1 Å². The lowest BCUT2D eigenvalue weighted by Gasteiger charge is -2.19. The van der Waals surface area contributed by atoms with Crippen LogP contribution in [0.15, 0.2) is 48.5 Å². The first-order valence-corrected chi connectivity index (χ1v) is 9.19. The van der Waals surface area contributed by atoms with Crippen LogP contribution >= 0.6 is 0 Å². The summed E-state index contributed by atoms with van der Waals surface area (Å²) in [5.41, 5.74) is 3.09. The van der Waals surface area contributed by atoms with Crippen LogP contribution in [0.4, 0.5) is 10.5 Å². The number of nitrogens with one attached hydrogen (secondary N) is 2. The smallest absolute Gasteiger partial charge is 0.407 e. The maximum Gasteiger partial charge on any atom is 0.407 e. The van der Waals surface area contributed by atoms with Gasteiger partial charge in [-0.05, 0) is 63.4 Å². The molecule has 0 bridgehead atoms. The van der Waals surface area contributed by atoms with E-state index in [0.29, 0.717) is 5.56 Å². The summed E-state index contributed by atoms with van der Waals surface area (Å²) in [6.07, 6.45) is 0.521. The van der Waals surface area contributed by atoms with Crippen molar-refractivity contribution in [2.24, 2.45) is 0 Å². The molecule has 2 amide bonds. The van der Waals surface area contributed by atoms with Gasteiger partial charge in [-0.25, -0.2) is 4.79 Å². The molecule has 1 fully saturated rings. The highest BCUT2D eigenvalue weighted by molar-refractivity contribution is 6.04. The number of amides is 2. The van der Waals surface area contributed by atoms with Gasteiger partial charge in [0.2, 0.25) is 0 Å². The standard InChI is InChI=1S/C22H26N2O3/c1-14-12-16(17-13-19(17)24-21(26)27-22(2,3)4)10-11-18(14)23-20(25)15-8-6-5-7-9-15/h5-12,17,19H,13H2,1-4H3,(H,23,25)(H,24,26)/t17-,19+/m0/s1. The molecule has 27 heavy (non-hydrogen) atoms. The van der Waals surface area contributed by atoms with Crippen molar-refractivity contribution in [1.29, 1.82) is 0 Å². The van der Waals surface area contributed by atoms with Gasteiger partial charge in [-0.15, -0.1) is 0 Å². The van der Waals surface area contributed by atoms with Gasteiger partial charge in [-0.2, -0.15) is 0 Å². The number of alkyl carbamates (subject to hydrolysis) is 1. The Bertz CT molecular complexity index is 840. The monoisotopic (exact) mass is 366 g/mol. The Balaban J connectivity index is 1.59. The third kappa shape index (κ3) is 5.09. The van der Waals surface area contributed by atoms with Gasteiger partial charge >= 0.3 is 6.09 Å². The molecule has 0 heterocycles. The number of aryl methyl sites for hydroxylation is 1. The molecule has 0 saturated heterocycles. The summed E-state index contributed by atoms with van der Waals surface area (Å²) in [5, 5.41) is 5.87. The van der Waals surface area contributed by atoms with Crippen molar-refractivity contribution in [2.75, 3.05) is 5.32 Å². The van der Waals surface area contributed by atoms with Crippen molar-refractivity contribution in [1.82, 2.24) is 5.32 Å². The molecule has 2 aromatic carbocycles. The molecular formula is C22H26N2O3. The quantitative estimate of drug-likeness (QED) is 0.829. The maximum absolute atomic E-state index is 12.3. The van der Waals surface area contributed by atoms with E-state index in [9.17, 15) is 9.59 Å². The molecule has 1 aliphatic rings. The van der Waals surface area contributed by atoms with Crippen LogP contribution in [0, 0.1) is 6.92 Å². The zero-order valence-electron chi connectivity index (χ0n) is 16.2. The first-order chi connectivity index (χ1) is 12.7. The molecule has 3 rings (SSSR count). The molecule has 0 radical (unpaired) electrons. The van der Waals surface area contributed by atoms with E-state index in [1.165, 1.54) is 0 Å². The van der Waals surface area contributed by atoms with Crippen LogP contribution in [-0.4, -0.2) is 23.6 Å². The average molecular weight is 366 g/mol. The minimum Gasteiger partial charge on any atom is -0.444 e. The lowest BCUT2D eigenvalue weighted by molar-refractivity contribution is 0.0522. The van der Waals surface area contributed by atoms with Crippen LogP contribution in [0.1, 0.15) is 54.6 Å². The Labute approximate surface area is 160 Å². The number of carbonyl (C=O) groups is 2. The van der Waals surface area contributed by atoms with E-state index in [0.717, 1.165) is 23.2 Å². The fourth-order valence-corrected chi connectivity index (χ4v) is 3.02. The van der Waals surface area contributed by atoms with Crippen molar-refractivity contribution in [3.05, 3.63) is 65.2 Å². The van der Waals surface area contributed by atoms with Crippen LogP contribution in [-0.2, 0) is 4.74 Å². The Kier molecular flexibility index (Phi) is 5.22. The van der Waals surface area contributed by atoms with Crippen LogP contribution in [0.5, 0.6) is 0 Å². The SMILES string of the molecule is Cc1cc([C@@H]2C[C@H]2NC(=O)OC(C)(C)C)ccc1NC(=O)c1ccccc1. The van der Waals surface area contributed by atoms with E-state index in [4.69, 9.17) is 4.74 Å². The van der Waals surface area contributed by atoms with Crippen molar-refractivity contribution >= 4 is 17.7 Å². The van der Waals surface area contributed by atoms with Gasteiger partial charge in [0.15, 0.2) is 0 Å². The molecule has 1 aliphatic carbocycles. The van der Waals surface area contributed by atoms with Crippen LogP contribution in [0.2, 0.25) is 0 Å². The van der Waals surface area contributed by atoms with E-state index >= 15 is 0 Å². The van der Waals surface area contributed by atoms with Gasteiger partial charge in [-0.1, -0.05) is 30.3 Å². The highest BCUT2D eigenvalue weighted by Crippen LogP contribution is 2.41. The molecule has 142 valence electrons. The second-order valence-corrected chi connectivity index (χ2v) is 7.99. The fraction of sp³-hybridized carbons (Fsp3) is 0.364. The number of carbonyl (C=O) groups excluding carboxylic acids is 2. The summed E-state index contributed by atoms with van der Waals surface area (Å²) in [6, 6.07) is 15.3. The van der Waals surface area contributed by atoms with Crippen LogP contribution in [0.3, 0.4) is 0 Å². The third-order valence-electron chi connectivity index (χ3n) is 4.46. The minimum atomic E-state index is -0.496. The van der Waals surface area contributed by atoms with E-state index in [-0.39, 0.29) is 24.0 Å². The molecule has 5 heteroatoms. The van der Waals surface area contributed by atoms with Crippen molar-refractivity contribution in [3.8, 4) is 0 Å². The summed E-state index contributed by atoms with van der Waals surface area (Å²) in [5.74, 6) is 0.164. The molecule has 2 atom stereocenters. The number of benzene rings is 2. The number of hydrogen-bond donors (Lipinski definition) is 2. The first kappa shape index (κ1) is 19.0. The number of ether oxygens (including phenoxy) is 1. The second-order valence-electron chi connectivity index (χ2n) is 7.99. The van der Waals surface area contributed by atoms with E-state index in [2.05, 4.69) is 16.7 Å². The largest absolute Gasteiger partial charge is 0.444 e. The highest BCUT2D eigenvalue weighted by atomic mass is 16.6. The van der Waals surface area contributed by atoms with Gasteiger partial charge in [0.25, 0.3) is 5.91 Å². The lowest BCUT2D eigenvalue weighted by atomic mass is 10.1. The third-order valence-corrected chi connectivity index (χ3v) is 4.46. The van der Waals surface area contributed by atoms with Gasteiger partial charge in [0.1, 0.15) is 5.60 Å². The molecule has 0 aromatic heterocycles. The summed E-state index contributed by atoms with van der Waals surface area (Å²) in [4.78, 5) is 24.2. The maximum atomic E-state index is 12.3. The van der Waals surface area contributed by atoms with Crippen molar-refractivity contribution in [3.63, 3.8) is 0 Å². The Morgan fingerprint density at radius 3 is 2.41 bits per heavy atom. The molecular weight excluding hydrogens is 340 g/mol. The van der Waals surface area contributed by atoms with Gasteiger partial charge in [-0.3, -0.25) is 4.79 Å². The van der Waals surface area contributed by atoms with Gasteiger partial charge in [0.05, 0.1) is 0 Å². The molecule has 2 N–H and O–H groups in total. The van der Waals surface area contributed by atoms with Crippen molar-refractivity contribution < 1.29 is 14.3 Å². The van der Waals surface area contributed by atoms with E-state index < -0.39 is 5.60 Å².